The van der Waals surface area contributed by atoms with Crippen LogP contribution in [-0.4, -0.2) is 20.4 Å². The van der Waals surface area contributed by atoms with Crippen molar-refractivity contribution < 1.29 is 17.6 Å². The molecule has 1 aromatic heterocycles. The molecule has 2 atom stereocenters. The van der Waals surface area contributed by atoms with Crippen LogP contribution in [0.3, 0.4) is 0 Å². The highest BCUT2D eigenvalue weighted by Crippen LogP contribution is 2.33. The maximum atomic E-state index is 12.6. The van der Waals surface area contributed by atoms with E-state index in [0.29, 0.717) is 24.1 Å². The van der Waals surface area contributed by atoms with E-state index in [1.54, 1.807) is 25.3 Å². The van der Waals surface area contributed by atoms with Gasteiger partial charge in [-0.3, -0.25) is 4.79 Å². The Hall–Kier alpha value is -2.12. The van der Waals surface area contributed by atoms with Crippen molar-refractivity contribution in [2.24, 2.45) is 0 Å². The number of nitrogens with one attached hydrogen (secondary N) is 2. The largest absolute Gasteiger partial charge is 0.469 e. The molecule has 1 aromatic carbocycles. The number of hydrogen-bond donors (Lipinski definition) is 2. The first kappa shape index (κ1) is 16.7. The molecular formula is C17H20N2O4S. The Morgan fingerprint density at radius 1 is 1.33 bits per heavy atom. The lowest BCUT2D eigenvalue weighted by Gasteiger charge is -2.14. The molecule has 0 bridgehead atoms. The Kier molecular flexibility index (Phi) is 4.47. The zero-order valence-electron chi connectivity index (χ0n) is 13.6. The molecule has 24 heavy (non-hydrogen) atoms. The highest BCUT2D eigenvalue weighted by molar-refractivity contribution is 7.89. The van der Waals surface area contributed by atoms with E-state index < -0.39 is 10.0 Å². The van der Waals surface area contributed by atoms with Gasteiger partial charge in [-0.15, -0.1) is 0 Å². The standard InChI is InChI=1S/C17H20N2O4S/c1-11(5-6-13-4-3-9-23-13)19-24(21,22)14-7-8-16-15(10-14)12(2)17(20)18-16/h3-4,7-12,19H,5-6H2,1-2H3,(H,18,20)/t11-,12-/m0/s1. The van der Waals surface area contributed by atoms with Gasteiger partial charge in [0.05, 0.1) is 17.1 Å². The van der Waals surface area contributed by atoms with Gasteiger partial charge in [0.25, 0.3) is 0 Å². The maximum Gasteiger partial charge on any atom is 0.240 e. The number of rotatable bonds is 6. The summed E-state index contributed by atoms with van der Waals surface area (Å²) >= 11 is 0. The molecule has 2 aromatic rings. The summed E-state index contributed by atoms with van der Waals surface area (Å²) in [5, 5.41) is 2.74. The van der Waals surface area contributed by atoms with Crippen molar-refractivity contribution in [2.75, 3.05) is 5.32 Å². The summed E-state index contributed by atoms with van der Waals surface area (Å²) in [7, 11) is -3.63. The number of furan rings is 1. The van der Waals surface area contributed by atoms with Crippen LogP contribution in [0, 0.1) is 0 Å². The van der Waals surface area contributed by atoms with Gasteiger partial charge in [0.2, 0.25) is 15.9 Å². The lowest BCUT2D eigenvalue weighted by Crippen LogP contribution is -2.33. The van der Waals surface area contributed by atoms with E-state index in [9.17, 15) is 13.2 Å². The first-order valence-corrected chi connectivity index (χ1v) is 9.34. The summed E-state index contributed by atoms with van der Waals surface area (Å²) in [4.78, 5) is 11.9. The predicted octanol–water partition coefficient (Wildman–Crippen LogP) is 2.63. The predicted molar refractivity (Wildman–Crippen MR) is 90.3 cm³/mol. The normalized spacial score (nSPS) is 18.2. The van der Waals surface area contributed by atoms with Gasteiger partial charge in [-0.1, -0.05) is 0 Å². The van der Waals surface area contributed by atoms with Gasteiger partial charge in [-0.05, 0) is 56.2 Å². The number of amides is 1. The van der Waals surface area contributed by atoms with Crippen molar-refractivity contribution in [2.45, 2.75) is 43.5 Å². The number of carbonyl (C=O) groups is 1. The van der Waals surface area contributed by atoms with E-state index in [2.05, 4.69) is 10.0 Å². The van der Waals surface area contributed by atoms with Crippen molar-refractivity contribution in [1.82, 2.24) is 4.72 Å². The Morgan fingerprint density at radius 3 is 2.83 bits per heavy atom. The van der Waals surface area contributed by atoms with Crippen LogP contribution in [0.1, 0.15) is 37.5 Å². The van der Waals surface area contributed by atoms with Crippen molar-refractivity contribution >= 4 is 21.6 Å². The molecule has 0 radical (unpaired) electrons. The first-order valence-electron chi connectivity index (χ1n) is 7.86. The Bertz CT molecular complexity index is 843. The summed E-state index contributed by atoms with van der Waals surface area (Å²) in [6.45, 7) is 3.58. The fourth-order valence-corrected chi connectivity index (χ4v) is 4.08. The molecule has 1 aliphatic heterocycles. The van der Waals surface area contributed by atoms with Gasteiger partial charge >= 0.3 is 0 Å². The minimum atomic E-state index is -3.63. The SMILES string of the molecule is C[C@@H]1C(=O)Nc2ccc(S(=O)(=O)N[C@@H](C)CCc3ccco3)cc21. The lowest BCUT2D eigenvalue weighted by atomic mass is 10.0. The third-order valence-corrected chi connectivity index (χ3v) is 5.80. The van der Waals surface area contributed by atoms with Crippen LogP contribution in [-0.2, 0) is 21.2 Å². The molecule has 1 aliphatic rings. The van der Waals surface area contributed by atoms with Gasteiger partial charge in [0, 0.05) is 18.2 Å². The van der Waals surface area contributed by atoms with Crippen LogP contribution < -0.4 is 10.0 Å². The number of anilines is 1. The number of fused-ring (bicyclic) bond motifs is 1. The fraction of sp³-hybridized carbons (Fsp3) is 0.353. The summed E-state index contributed by atoms with van der Waals surface area (Å²) in [6.07, 6.45) is 2.90. The smallest absolute Gasteiger partial charge is 0.240 e. The molecule has 0 saturated carbocycles. The monoisotopic (exact) mass is 348 g/mol. The molecule has 6 nitrogen and oxygen atoms in total. The summed E-state index contributed by atoms with van der Waals surface area (Å²) in [5.74, 6) is 0.378. The summed E-state index contributed by atoms with van der Waals surface area (Å²) in [6, 6.07) is 8.17. The highest BCUT2D eigenvalue weighted by atomic mass is 32.2. The number of carbonyl (C=O) groups excluding carboxylic acids is 1. The minimum absolute atomic E-state index is 0.112. The van der Waals surface area contributed by atoms with E-state index >= 15 is 0 Å². The molecule has 0 aliphatic carbocycles. The lowest BCUT2D eigenvalue weighted by molar-refractivity contribution is -0.116. The summed E-state index contributed by atoms with van der Waals surface area (Å²) in [5.41, 5.74) is 1.39. The Balaban J connectivity index is 1.70. The molecule has 0 unspecified atom stereocenters. The van der Waals surface area contributed by atoms with Gasteiger partial charge in [0.15, 0.2) is 0 Å². The second-order valence-corrected chi connectivity index (χ2v) is 7.81. The van der Waals surface area contributed by atoms with E-state index in [1.807, 2.05) is 19.1 Å². The fourth-order valence-electron chi connectivity index (χ4n) is 2.77. The third-order valence-electron chi connectivity index (χ3n) is 4.21. The summed E-state index contributed by atoms with van der Waals surface area (Å²) < 4.78 is 33.0. The minimum Gasteiger partial charge on any atom is -0.469 e. The molecule has 0 saturated heterocycles. The van der Waals surface area contributed by atoms with Crippen LogP contribution in [0.15, 0.2) is 45.9 Å². The number of aryl methyl sites for hydroxylation is 1. The number of sulfonamides is 1. The zero-order chi connectivity index (χ0) is 17.3. The average Bonchev–Trinajstić information content (AvgIpc) is 3.14. The van der Waals surface area contributed by atoms with Gasteiger partial charge in [-0.2, -0.15) is 0 Å². The van der Waals surface area contributed by atoms with Crippen molar-refractivity contribution in [3.8, 4) is 0 Å². The second kappa shape index (κ2) is 6.41. The van der Waals surface area contributed by atoms with Crippen LogP contribution >= 0.6 is 0 Å². The molecule has 3 rings (SSSR count). The molecule has 0 spiro atoms. The zero-order valence-corrected chi connectivity index (χ0v) is 14.4. The van der Waals surface area contributed by atoms with Crippen LogP contribution in [0.5, 0.6) is 0 Å². The van der Waals surface area contributed by atoms with E-state index in [4.69, 9.17) is 4.42 Å². The molecule has 7 heteroatoms. The van der Waals surface area contributed by atoms with Gasteiger partial charge in [0.1, 0.15) is 5.76 Å². The Morgan fingerprint density at radius 2 is 2.12 bits per heavy atom. The van der Waals surface area contributed by atoms with Crippen molar-refractivity contribution in [3.05, 3.63) is 47.9 Å². The topological polar surface area (TPSA) is 88.4 Å². The van der Waals surface area contributed by atoms with Crippen LogP contribution in [0.2, 0.25) is 0 Å². The molecule has 0 fully saturated rings. The van der Waals surface area contributed by atoms with Crippen molar-refractivity contribution in [3.63, 3.8) is 0 Å². The quantitative estimate of drug-likeness (QED) is 0.840. The van der Waals surface area contributed by atoms with Crippen LogP contribution in [0.4, 0.5) is 5.69 Å². The van der Waals surface area contributed by atoms with E-state index in [0.717, 1.165) is 5.76 Å². The molecule has 2 heterocycles. The first-order chi connectivity index (χ1) is 11.4. The highest BCUT2D eigenvalue weighted by Gasteiger charge is 2.28. The molecule has 128 valence electrons. The van der Waals surface area contributed by atoms with Gasteiger partial charge < -0.3 is 9.73 Å². The van der Waals surface area contributed by atoms with Gasteiger partial charge in [-0.25, -0.2) is 13.1 Å². The number of hydrogen-bond acceptors (Lipinski definition) is 4. The third kappa shape index (κ3) is 3.37. The van der Waals surface area contributed by atoms with Crippen LogP contribution in [0.25, 0.3) is 0 Å². The van der Waals surface area contributed by atoms with E-state index in [1.165, 1.54) is 6.07 Å². The Labute approximate surface area is 141 Å². The van der Waals surface area contributed by atoms with E-state index in [-0.39, 0.29) is 22.8 Å². The molecule has 2 N–H and O–H groups in total. The second-order valence-electron chi connectivity index (χ2n) is 6.10. The maximum absolute atomic E-state index is 12.6. The average molecular weight is 348 g/mol. The van der Waals surface area contributed by atoms with Crippen molar-refractivity contribution in [1.29, 1.82) is 0 Å². The molecular weight excluding hydrogens is 328 g/mol. The molecule has 1 amide bonds. The number of benzene rings is 1.